The molecule has 1 fully saturated rings. The van der Waals surface area contributed by atoms with Crippen LogP contribution in [-0.4, -0.2) is 21.6 Å². The van der Waals surface area contributed by atoms with Gasteiger partial charge in [-0.1, -0.05) is 20.8 Å². The molecule has 0 bridgehead atoms. The van der Waals surface area contributed by atoms with E-state index in [1.807, 2.05) is 0 Å². The van der Waals surface area contributed by atoms with Crippen LogP contribution < -0.4 is 11.0 Å². The summed E-state index contributed by atoms with van der Waals surface area (Å²) in [7, 11) is 0. The number of carbonyl (C=O) groups is 1. The van der Waals surface area contributed by atoms with Crippen LogP contribution in [0, 0.1) is 16.1 Å². The van der Waals surface area contributed by atoms with E-state index in [0.29, 0.717) is 11.6 Å². The lowest BCUT2D eigenvalue weighted by molar-refractivity contribution is -0.120. The van der Waals surface area contributed by atoms with Crippen LogP contribution in [0.3, 0.4) is 0 Å². The van der Waals surface area contributed by atoms with Crippen molar-refractivity contribution in [2.45, 2.75) is 46.5 Å². The monoisotopic (exact) mass is 322 g/mol. The molecule has 1 aromatic rings. The molecule has 0 aliphatic heterocycles. The second-order valence-electron chi connectivity index (χ2n) is 6.86. The Labute approximate surface area is 134 Å². The number of amides is 1. The molecule has 0 spiro atoms. The van der Waals surface area contributed by atoms with Gasteiger partial charge in [-0.2, -0.15) is 5.10 Å². The molecule has 1 saturated carbocycles. The van der Waals surface area contributed by atoms with E-state index in [1.165, 1.54) is 12.5 Å². The molecular formula is C15H22N4O2S. The standard InChI is InChI=1S/C15H22N4O2S/c1-9-4-11(8-15(2,3)7-9)18-19-13(21)6-10-5-12(20)17-14(22)16-10/h5,9H,4,6-8H2,1-3H3,(H,19,21)(H2,16,17,20,22)/b18-11-/t9-/m1/s1. The van der Waals surface area contributed by atoms with E-state index in [1.54, 1.807) is 0 Å². The number of hydrazone groups is 1. The van der Waals surface area contributed by atoms with Crippen LogP contribution in [0.1, 0.15) is 45.7 Å². The summed E-state index contributed by atoms with van der Waals surface area (Å²) in [5.74, 6) is 0.308. The van der Waals surface area contributed by atoms with Crippen molar-refractivity contribution in [1.29, 1.82) is 0 Å². The summed E-state index contributed by atoms with van der Waals surface area (Å²) in [6, 6.07) is 1.33. The van der Waals surface area contributed by atoms with Gasteiger partial charge in [0, 0.05) is 17.5 Å². The van der Waals surface area contributed by atoms with Gasteiger partial charge in [-0.05, 0) is 42.8 Å². The van der Waals surface area contributed by atoms with E-state index in [9.17, 15) is 9.59 Å². The maximum atomic E-state index is 11.9. The molecule has 1 aliphatic carbocycles. The summed E-state index contributed by atoms with van der Waals surface area (Å²) in [4.78, 5) is 28.5. The van der Waals surface area contributed by atoms with Crippen LogP contribution in [-0.2, 0) is 11.2 Å². The van der Waals surface area contributed by atoms with Crippen molar-refractivity contribution in [2.75, 3.05) is 0 Å². The number of carbonyl (C=O) groups excluding carboxylic acids is 1. The van der Waals surface area contributed by atoms with Crippen LogP contribution in [0.2, 0.25) is 0 Å². The van der Waals surface area contributed by atoms with E-state index < -0.39 is 0 Å². The molecule has 1 aromatic heterocycles. The first kappa shape index (κ1) is 16.6. The molecule has 0 aromatic carbocycles. The Morgan fingerprint density at radius 2 is 2.23 bits per heavy atom. The van der Waals surface area contributed by atoms with Crippen LogP contribution in [0.4, 0.5) is 0 Å². The highest BCUT2D eigenvalue weighted by Crippen LogP contribution is 2.36. The summed E-state index contributed by atoms with van der Waals surface area (Å²) >= 11 is 4.87. The van der Waals surface area contributed by atoms with Crippen molar-refractivity contribution >= 4 is 23.8 Å². The highest BCUT2D eigenvalue weighted by molar-refractivity contribution is 7.71. The summed E-state index contributed by atoms with van der Waals surface area (Å²) in [5, 5.41) is 4.26. The SMILES string of the molecule is C[C@@H]1C/C(=N/NC(=O)Cc2cc(=O)[nH]c(=S)[nH]2)CC(C)(C)C1. The highest BCUT2D eigenvalue weighted by atomic mass is 32.1. The van der Waals surface area contributed by atoms with Crippen LogP contribution in [0.25, 0.3) is 0 Å². The predicted molar refractivity (Wildman–Crippen MR) is 88.3 cm³/mol. The van der Waals surface area contributed by atoms with Gasteiger partial charge in [-0.3, -0.25) is 14.6 Å². The summed E-state index contributed by atoms with van der Waals surface area (Å²) in [5.41, 5.74) is 3.98. The molecule has 1 heterocycles. The second-order valence-corrected chi connectivity index (χ2v) is 7.27. The number of nitrogens with one attached hydrogen (secondary N) is 3. The Bertz CT molecular complexity index is 674. The number of aromatic amines is 2. The zero-order valence-corrected chi connectivity index (χ0v) is 14.0. The summed E-state index contributed by atoms with van der Waals surface area (Å²) in [6.45, 7) is 6.64. The third-order valence-corrected chi connectivity index (χ3v) is 3.88. The van der Waals surface area contributed by atoms with Crippen LogP contribution in [0.15, 0.2) is 16.0 Å². The van der Waals surface area contributed by atoms with E-state index in [-0.39, 0.29) is 28.1 Å². The summed E-state index contributed by atoms with van der Waals surface area (Å²) in [6.07, 6.45) is 3.02. The van der Waals surface area contributed by atoms with Gasteiger partial charge in [0.15, 0.2) is 4.77 Å². The van der Waals surface area contributed by atoms with Crippen molar-refractivity contribution < 1.29 is 4.79 Å². The molecule has 0 unspecified atom stereocenters. The average Bonchev–Trinajstić information content (AvgIpc) is 2.32. The molecule has 2 rings (SSSR count). The first-order valence-corrected chi connectivity index (χ1v) is 7.81. The molecule has 1 atom stereocenters. The normalized spacial score (nSPS) is 22.5. The molecule has 7 heteroatoms. The lowest BCUT2D eigenvalue weighted by Crippen LogP contribution is -2.30. The molecular weight excluding hydrogens is 300 g/mol. The van der Waals surface area contributed by atoms with Gasteiger partial charge in [0.1, 0.15) is 0 Å². The number of hydrogen-bond donors (Lipinski definition) is 3. The zero-order chi connectivity index (χ0) is 16.3. The Balaban J connectivity index is 1.99. The van der Waals surface area contributed by atoms with Gasteiger partial charge >= 0.3 is 0 Å². The quantitative estimate of drug-likeness (QED) is 0.589. The number of H-pyrrole nitrogens is 2. The fourth-order valence-corrected chi connectivity index (χ4v) is 3.40. The van der Waals surface area contributed by atoms with E-state index in [2.05, 4.69) is 41.3 Å². The minimum atomic E-state index is -0.319. The molecule has 1 amide bonds. The van der Waals surface area contributed by atoms with Gasteiger partial charge in [0.25, 0.3) is 5.56 Å². The van der Waals surface area contributed by atoms with Gasteiger partial charge in [0.05, 0.1) is 6.42 Å². The molecule has 22 heavy (non-hydrogen) atoms. The largest absolute Gasteiger partial charge is 0.335 e. The molecule has 120 valence electrons. The molecule has 0 radical (unpaired) electrons. The highest BCUT2D eigenvalue weighted by Gasteiger charge is 2.29. The molecule has 3 N–H and O–H groups in total. The van der Waals surface area contributed by atoms with E-state index in [0.717, 1.165) is 18.6 Å². The van der Waals surface area contributed by atoms with Crippen molar-refractivity contribution in [2.24, 2.45) is 16.4 Å². The molecule has 6 nitrogen and oxygen atoms in total. The minimum absolute atomic E-state index is 0.0449. The van der Waals surface area contributed by atoms with E-state index in [4.69, 9.17) is 12.2 Å². The van der Waals surface area contributed by atoms with Crippen LogP contribution in [0.5, 0.6) is 0 Å². The fraction of sp³-hybridized carbons (Fsp3) is 0.600. The summed E-state index contributed by atoms with van der Waals surface area (Å²) < 4.78 is 0.212. The van der Waals surface area contributed by atoms with Crippen LogP contribution >= 0.6 is 12.2 Å². The third kappa shape index (κ3) is 4.91. The zero-order valence-electron chi connectivity index (χ0n) is 13.2. The Kier molecular flexibility index (Phi) is 4.95. The maximum absolute atomic E-state index is 11.9. The lowest BCUT2D eigenvalue weighted by Gasteiger charge is -2.34. The van der Waals surface area contributed by atoms with Gasteiger partial charge in [0.2, 0.25) is 5.91 Å². The number of rotatable bonds is 3. The Hall–Kier alpha value is -1.76. The van der Waals surface area contributed by atoms with Gasteiger partial charge in [-0.15, -0.1) is 0 Å². The van der Waals surface area contributed by atoms with Gasteiger partial charge < -0.3 is 4.98 Å². The predicted octanol–water partition coefficient (Wildman–Crippen LogP) is 2.29. The average molecular weight is 322 g/mol. The number of hydrogen-bond acceptors (Lipinski definition) is 4. The van der Waals surface area contributed by atoms with Crippen molar-refractivity contribution in [1.82, 2.24) is 15.4 Å². The van der Waals surface area contributed by atoms with Crippen molar-refractivity contribution in [3.8, 4) is 0 Å². The number of aromatic nitrogens is 2. The second kappa shape index (κ2) is 6.56. The van der Waals surface area contributed by atoms with Crippen molar-refractivity contribution in [3.63, 3.8) is 0 Å². The Morgan fingerprint density at radius 1 is 1.50 bits per heavy atom. The molecule has 0 saturated heterocycles. The topological polar surface area (TPSA) is 90.1 Å². The smallest absolute Gasteiger partial charge is 0.251 e. The maximum Gasteiger partial charge on any atom is 0.251 e. The lowest BCUT2D eigenvalue weighted by atomic mass is 9.72. The third-order valence-electron chi connectivity index (χ3n) is 3.67. The van der Waals surface area contributed by atoms with E-state index >= 15 is 0 Å². The number of nitrogens with zero attached hydrogens (tertiary/aromatic N) is 1. The Morgan fingerprint density at radius 3 is 2.86 bits per heavy atom. The molecule has 1 aliphatic rings. The minimum Gasteiger partial charge on any atom is -0.335 e. The fourth-order valence-electron chi connectivity index (χ4n) is 3.17. The first-order chi connectivity index (χ1) is 10.2. The van der Waals surface area contributed by atoms with Gasteiger partial charge in [-0.25, -0.2) is 5.43 Å². The first-order valence-electron chi connectivity index (χ1n) is 7.40. The van der Waals surface area contributed by atoms with Crippen molar-refractivity contribution in [3.05, 3.63) is 26.9 Å².